The molecule has 0 unspecified atom stereocenters. The lowest BCUT2D eigenvalue weighted by Crippen LogP contribution is -2.52. The van der Waals surface area contributed by atoms with Crippen molar-refractivity contribution in [3.63, 3.8) is 0 Å². The van der Waals surface area contributed by atoms with Crippen molar-refractivity contribution in [2.45, 2.75) is 25.9 Å². The van der Waals surface area contributed by atoms with Crippen LogP contribution in [-0.2, 0) is 19.1 Å². The predicted octanol–water partition coefficient (Wildman–Crippen LogP) is -1.17. The normalized spacial score (nSPS) is 32.6. The Hall–Kier alpha value is -1.97. The molecule has 2 fully saturated rings. The van der Waals surface area contributed by atoms with E-state index in [4.69, 9.17) is 4.74 Å². The van der Waals surface area contributed by atoms with Crippen molar-refractivity contribution in [3.8, 4) is 0 Å². The van der Waals surface area contributed by atoms with E-state index in [0.717, 1.165) is 13.1 Å². The number of carbonyl (C=O) groups excluding carboxylic acids is 3. The van der Waals surface area contributed by atoms with Gasteiger partial charge in [-0.05, 0) is 12.8 Å². The average molecular weight is 423 g/mol. The van der Waals surface area contributed by atoms with Gasteiger partial charge < -0.3 is 25.4 Å². The third kappa shape index (κ3) is 4.38. The van der Waals surface area contributed by atoms with Crippen LogP contribution in [-0.4, -0.2) is 97.8 Å². The van der Waals surface area contributed by atoms with Crippen LogP contribution in [0.2, 0.25) is 0 Å². The molecular weight excluding hydrogens is 388 g/mol. The maximum absolute atomic E-state index is 13.4. The summed E-state index contributed by atoms with van der Waals surface area (Å²) in [4.78, 5) is 42.8. The van der Waals surface area contributed by atoms with Crippen LogP contribution in [0.15, 0.2) is 12.2 Å². The molecule has 1 aliphatic carbocycles. The zero-order valence-corrected chi connectivity index (χ0v) is 18.0. The van der Waals surface area contributed by atoms with E-state index in [1.807, 2.05) is 19.1 Å². The summed E-state index contributed by atoms with van der Waals surface area (Å²) >= 11 is 0. The topological polar surface area (TPSA) is 111 Å². The molecule has 3 N–H and O–H groups in total. The molecule has 9 nitrogen and oxygen atoms in total. The molecule has 6 atom stereocenters. The van der Waals surface area contributed by atoms with Crippen molar-refractivity contribution >= 4 is 17.7 Å². The zero-order chi connectivity index (χ0) is 21.8. The van der Waals surface area contributed by atoms with E-state index >= 15 is 0 Å². The van der Waals surface area contributed by atoms with Crippen LogP contribution >= 0.6 is 0 Å². The van der Waals surface area contributed by atoms with Crippen molar-refractivity contribution in [1.82, 2.24) is 20.4 Å². The Morgan fingerprint density at radius 1 is 1.27 bits per heavy atom. The lowest BCUT2D eigenvalue weighted by Gasteiger charge is -2.33. The molecule has 0 saturated carbocycles. The molecule has 2 saturated heterocycles. The minimum Gasteiger partial charge on any atom is -0.394 e. The number of rotatable bonds is 7. The highest BCUT2D eigenvalue weighted by atomic mass is 16.5. The van der Waals surface area contributed by atoms with Gasteiger partial charge >= 0.3 is 0 Å². The van der Waals surface area contributed by atoms with Gasteiger partial charge in [0.15, 0.2) is 0 Å². The van der Waals surface area contributed by atoms with Crippen molar-refractivity contribution in [3.05, 3.63) is 12.2 Å². The van der Waals surface area contributed by atoms with E-state index < -0.39 is 29.8 Å². The van der Waals surface area contributed by atoms with Gasteiger partial charge in [0, 0.05) is 39.1 Å². The second kappa shape index (κ2) is 9.89. The third-order valence-corrected chi connectivity index (χ3v) is 6.60. The summed E-state index contributed by atoms with van der Waals surface area (Å²) in [6.45, 7) is 7.65. The molecule has 0 bridgehead atoms. The molecular formula is C21H34N4O5. The molecule has 0 aromatic heterocycles. The third-order valence-electron chi connectivity index (χ3n) is 6.60. The maximum atomic E-state index is 13.4. The Balaban J connectivity index is 1.77. The number of fused-ring (bicyclic) bond motifs is 1. The van der Waals surface area contributed by atoms with Gasteiger partial charge in [-0.3, -0.25) is 19.3 Å². The van der Waals surface area contributed by atoms with Crippen LogP contribution in [0.25, 0.3) is 0 Å². The van der Waals surface area contributed by atoms with E-state index in [0.29, 0.717) is 26.3 Å². The molecule has 0 aromatic carbocycles. The van der Waals surface area contributed by atoms with Crippen LogP contribution in [0.1, 0.15) is 13.8 Å². The summed E-state index contributed by atoms with van der Waals surface area (Å²) in [5, 5.41) is 15.4. The number of allylic oxidation sites excluding steroid dienone is 1. The van der Waals surface area contributed by atoms with Crippen molar-refractivity contribution in [1.29, 1.82) is 0 Å². The Labute approximate surface area is 177 Å². The summed E-state index contributed by atoms with van der Waals surface area (Å²) in [5.41, 5.74) is 0. The first-order valence-electron chi connectivity index (χ1n) is 10.8. The van der Waals surface area contributed by atoms with E-state index in [1.165, 1.54) is 4.90 Å². The minimum absolute atomic E-state index is 0.107. The molecule has 9 heteroatoms. The predicted molar refractivity (Wildman–Crippen MR) is 110 cm³/mol. The van der Waals surface area contributed by atoms with Crippen LogP contribution in [0.3, 0.4) is 0 Å². The van der Waals surface area contributed by atoms with Gasteiger partial charge in [-0.2, -0.15) is 0 Å². The Morgan fingerprint density at radius 2 is 1.97 bits per heavy atom. The Bertz CT molecular complexity index is 678. The number of nitrogens with zero attached hydrogens (tertiary/aromatic N) is 2. The first kappa shape index (κ1) is 22.7. The van der Waals surface area contributed by atoms with E-state index in [9.17, 15) is 19.5 Å². The lowest BCUT2D eigenvalue weighted by atomic mass is 9.70. The number of morpholine rings is 1. The number of likely N-dealkylation sites (tertiary alicyclic amines) is 1. The van der Waals surface area contributed by atoms with Gasteiger partial charge in [0.25, 0.3) is 0 Å². The summed E-state index contributed by atoms with van der Waals surface area (Å²) < 4.78 is 5.34. The average Bonchev–Trinajstić information content (AvgIpc) is 3.05. The fraction of sp³-hybridized carbons (Fsp3) is 0.762. The monoisotopic (exact) mass is 422 g/mol. The highest BCUT2D eigenvalue weighted by molar-refractivity contribution is 5.96. The molecule has 30 heavy (non-hydrogen) atoms. The van der Waals surface area contributed by atoms with Gasteiger partial charge in [-0.25, -0.2) is 0 Å². The first-order valence-corrected chi connectivity index (χ1v) is 10.8. The van der Waals surface area contributed by atoms with Gasteiger partial charge in [0.1, 0.15) is 6.04 Å². The quantitative estimate of drug-likeness (QED) is 0.446. The fourth-order valence-electron chi connectivity index (χ4n) is 4.94. The largest absolute Gasteiger partial charge is 0.394 e. The van der Waals surface area contributed by atoms with Crippen LogP contribution in [0.5, 0.6) is 0 Å². The summed E-state index contributed by atoms with van der Waals surface area (Å²) in [7, 11) is 1.56. The van der Waals surface area contributed by atoms with Crippen molar-refractivity contribution in [2.24, 2.45) is 23.7 Å². The number of nitrogens with one attached hydrogen (secondary N) is 2. The first-order chi connectivity index (χ1) is 14.4. The number of carbonyl (C=O) groups is 3. The molecule has 0 aromatic rings. The Kier molecular flexibility index (Phi) is 7.49. The summed E-state index contributed by atoms with van der Waals surface area (Å²) in [6, 6.07) is -1.24. The summed E-state index contributed by atoms with van der Waals surface area (Å²) in [6.07, 6.45) is 3.83. The SMILES string of the molecule is CNC(=O)[C@H]1[C@@H]2C(=O)N([C@H](C)CO)[C@H](C(=O)NCCN3CCOCC3)[C@H]2C=C[C@H]1C. The second-order valence-electron chi connectivity index (χ2n) is 8.45. The van der Waals surface area contributed by atoms with Crippen molar-refractivity contribution < 1.29 is 24.2 Å². The number of aliphatic hydroxyl groups excluding tert-OH is 1. The van der Waals surface area contributed by atoms with Crippen molar-refractivity contribution in [2.75, 3.05) is 53.0 Å². The van der Waals surface area contributed by atoms with E-state index in [2.05, 4.69) is 15.5 Å². The zero-order valence-electron chi connectivity index (χ0n) is 18.0. The van der Waals surface area contributed by atoms with Gasteiger partial charge in [0.05, 0.1) is 37.7 Å². The molecule has 3 aliphatic rings. The molecule has 3 amide bonds. The number of amides is 3. The highest BCUT2D eigenvalue weighted by Crippen LogP contribution is 2.44. The van der Waals surface area contributed by atoms with Gasteiger partial charge in [-0.15, -0.1) is 0 Å². The number of hydrogen-bond acceptors (Lipinski definition) is 6. The Morgan fingerprint density at radius 3 is 2.60 bits per heavy atom. The molecule has 2 aliphatic heterocycles. The lowest BCUT2D eigenvalue weighted by molar-refractivity contribution is -0.142. The number of hydrogen-bond donors (Lipinski definition) is 3. The molecule has 0 radical (unpaired) electrons. The number of ether oxygens (including phenoxy) is 1. The maximum Gasteiger partial charge on any atom is 0.243 e. The molecule has 0 spiro atoms. The second-order valence-corrected chi connectivity index (χ2v) is 8.45. The number of aliphatic hydroxyl groups is 1. The molecule has 2 heterocycles. The standard InChI is InChI=1S/C21H34N4O5/c1-13-4-5-15-17(16(13)19(27)22-3)21(29)25(14(2)12-26)18(15)20(28)23-6-7-24-8-10-30-11-9-24/h4-5,13-18,26H,6-12H2,1-3H3,(H,22,27)(H,23,28)/t13-,14-,15+,16-,17-,18+/m1/s1. The smallest absolute Gasteiger partial charge is 0.243 e. The van der Waals surface area contributed by atoms with Gasteiger partial charge in [-0.1, -0.05) is 19.1 Å². The summed E-state index contributed by atoms with van der Waals surface area (Å²) in [5.74, 6) is -2.30. The molecule has 168 valence electrons. The van der Waals surface area contributed by atoms with Crippen LogP contribution in [0.4, 0.5) is 0 Å². The van der Waals surface area contributed by atoms with Gasteiger partial charge in [0.2, 0.25) is 17.7 Å². The van der Waals surface area contributed by atoms with E-state index in [1.54, 1.807) is 14.0 Å². The fourth-order valence-corrected chi connectivity index (χ4v) is 4.94. The highest BCUT2D eigenvalue weighted by Gasteiger charge is 2.57. The van der Waals surface area contributed by atoms with Crippen LogP contribution in [0, 0.1) is 23.7 Å². The van der Waals surface area contributed by atoms with E-state index in [-0.39, 0.29) is 30.2 Å². The minimum atomic E-state index is -0.731. The molecule has 3 rings (SSSR count). The van der Waals surface area contributed by atoms with Crippen LogP contribution < -0.4 is 10.6 Å².